The Morgan fingerprint density at radius 1 is 1.06 bits per heavy atom. The molecular formula is C33H36N2. The minimum absolute atomic E-state index is 0.0719. The van der Waals surface area contributed by atoms with E-state index in [4.69, 9.17) is 5.73 Å². The molecule has 0 saturated heterocycles. The van der Waals surface area contributed by atoms with E-state index in [-0.39, 0.29) is 17.4 Å². The maximum absolute atomic E-state index is 6.19. The zero-order chi connectivity index (χ0) is 24.9. The molecule has 2 unspecified atom stereocenters. The van der Waals surface area contributed by atoms with Crippen LogP contribution in [-0.4, -0.2) is 6.04 Å². The predicted octanol–water partition coefficient (Wildman–Crippen LogP) is 8.10. The summed E-state index contributed by atoms with van der Waals surface area (Å²) in [6, 6.07) is 15.3. The molecule has 0 aliphatic heterocycles. The Kier molecular flexibility index (Phi) is 5.71. The topological polar surface area (TPSA) is 38.0 Å². The van der Waals surface area contributed by atoms with Gasteiger partial charge >= 0.3 is 0 Å². The van der Waals surface area contributed by atoms with Crippen LogP contribution in [0.5, 0.6) is 0 Å². The summed E-state index contributed by atoms with van der Waals surface area (Å²) in [4.78, 5) is 0. The summed E-state index contributed by atoms with van der Waals surface area (Å²) in [5, 5.41) is 3.84. The number of hydrogen-bond acceptors (Lipinski definition) is 2. The molecule has 0 saturated carbocycles. The summed E-state index contributed by atoms with van der Waals surface area (Å²) in [6.07, 6.45) is 13.5. The van der Waals surface area contributed by atoms with Crippen molar-refractivity contribution in [3.05, 3.63) is 124 Å². The summed E-state index contributed by atoms with van der Waals surface area (Å²) >= 11 is 0. The smallest absolute Gasteiger partial charge is 0.0617 e. The van der Waals surface area contributed by atoms with Crippen molar-refractivity contribution < 1.29 is 0 Å². The fraction of sp³-hybridized carbons (Fsp3) is 0.273. The lowest BCUT2D eigenvalue weighted by molar-refractivity contribution is 0.636. The van der Waals surface area contributed by atoms with Gasteiger partial charge in [-0.2, -0.15) is 0 Å². The van der Waals surface area contributed by atoms with E-state index in [9.17, 15) is 0 Å². The van der Waals surface area contributed by atoms with Gasteiger partial charge in [0.1, 0.15) is 0 Å². The molecule has 0 aromatic heterocycles. The van der Waals surface area contributed by atoms with Gasteiger partial charge in [-0.3, -0.25) is 0 Å². The van der Waals surface area contributed by atoms with Crippen molar-refractivity contribution in [2.75, 3.05) is 11.1 Å². The van der Waals surface area contributed by atoms with E-state index in [0.29, 0.717) is 5.92 Å². The van der Waals surface area contributed by atoms with Crippen LogP contribution >= 0.6 is 0 Å². The summed E-state index contributed by atoms with van der Waals surface area (Å²) < 4.78 is 0. The molecule has 0 heterocycles. The molecule has 2 aromatic carbocycles. The van der Waals surface area contributed by atoms with Gasteiger partial charge in [-0.25, -0.2) is 0 Å². The van der Waals surface area contributed by atoms with Crippen LogP contribution in [0.3, 0.4) is 0 Å². The molecule has 0 bridgehead atoms. The third-order valence-electron chi connectivity index (χ3n) is 7.81. The molecule has 3 aliphatic rings. The van der Waals surface area contributed by atoms with Gasteiger partial charge in [-0.15, -0.1) is 0 Å². The van der Waals surface area contributed by atoms with E-state index >= 15 is 0 Å². The number of nitrogens with two attached hydrogens (primary N) is 1. The molecule has 178 valence electrons. The number of fused-ring (bicyclic) bond motifs is 4. The molecular weight excluding hydrogens is 424 g/mol. The number of anilines is 2. The molecule has 2 aromatic rings. The molecule has 5 rings (SSSR count). The maximum Gasteiger partial charge on any atom is 0.0617 e. The Bertz CT molecular complexity index is 1340. The Morgan fingerprint density at radius 2 is 1.80 bits per heavy atom. The number of rotatable bonds is 4. The molecule has 3 aliphatic carbocycles. The predicted molar refractivity (Wildman–Crippen MR) is 151 cm³/mol. The first kappa shape index (κ1) is 23.2. The van der Waals surface area contributed by atoms with Gasteiger partial charge in [0.15, 0.2) is 0 Å². The second-order valence-corrected chi connectivity index (χ2v) is 10.8. The molecule has 0 spiro atoms. The molecule has 0 radical (unpaired) electrons. The van der Waals surface area contributed by atoms with Crippen molar-refractivity contribution in [1.82, 2.24) is 0 Å². The first-order valence-corrected chi connectivity index (χ1v) is 12.7. The van der Waals surface area contributed by atoms with E-state index in [2.05, 4.69) is 112 Å². The van der Waals surface area contributed by atoms with E-state index < -0.39 is 0 Å². The molecule has 0 fully saturated rings. The van der Waals surface area contributed by atoms with Crippen molar-refractivity contribution >= 4 is 16.9 Å². The molecule has 2 atom stereocenters. The molecule has 0 amide bonds. The minimum atomic E-state index is -0.0837. The summed E-state index contributed by atoms with van der Waals surface area (Å²) in [5.74, 6) is 0.721. The normalized spacial score (nSPS) is 23.5. The molecule has 2 nitrogen and oxygen atoms in total. The molecule has 35 heavy (non-hydrogen) atoms. The standard InChI is InChI=1S/C33H36N2/c1-7-8-9-23-16-24-17-30-29(27-15-12-25(34)18-31(27)33(30,5)6)19-28(24)32(21(23)4)35-26-13-10-22(11-14-26)20(2)3/h7-20,28,32,35H,4,34H2,1-3,5-6H3/b8-7-,23-9-. The fourth-order valence-corrected chi connectivity index (χ4v) is 5.69. The van der Waals surface area contributed by atoms with E-state index in [1.54, 1.807) is 0 Å². The largest absolute Gasteiger partial charge is 0.399 e. The summed E-state index contributed by atoms with van der Waals surface area (Å²) in [6.45, 7) is 15.7. The Labute approximate surface area is 210 Å². The lowest BCUT2D eigenvalue weighted by atomic mass is 9.71. The van der Waals surface area contributed by atoms with Crippen molar-refractivity contribution in [2.45, 2.75) is 52.0 Å². The van der Waals surface area contributed by atoms with Crippen LogP contribution in [0.2, 0.25) is 0 Å². The first-order chi connectivity index (χ1) is 16.7. The van der Waals surface area contributed by atoms with Crippen LogP contribution in [0.1, 0.15) is 57.2 Å². The Hall–Kier alpha value is -3.52. The first-order valence-electron chi connectivity index (χ1n) is 12.7. The lowest BCUT2D eigenvalue weighted by Gasteiger charge is -2.38. The number of allylic oxidation sites excluding steroid dienone is 7. The van der Waals surface area contributed by atoms with Gasteiger partial charge in [0.25, 0.3) is 0 Å². The van der Waals surface area contributed by atoms with Gasteiger partial charge < -0.3 is 11.1 Å². The van der Waals surface area contributed by atoms with E-state index in [1.165, 1.54) is 39.0 Å². The zero-order valence-corrected chi connectivity index (χ0v) is 21.5. The fourth-order valence-electron chi connectivity index (χ4n) is 5.69. The quantitative estimate of drug-likeness (QED) is 0.452. The van der Waals surface area contributed by atoms with Crippen LogP contribution in [0, 0.1) is 5.92 Å². The van der Waals surface area contributed by atoms with Crippen LogP contribution in [0.25, 0.3) is 5.57 Å². The molecule has 2 heteroatoms. The maximum atomic E-state index is 6.19. The van der Waals surface area contributed by atoms with Crippen molar-refractivity contribution in [1.29, 1.82) is 0 Å². The van der Waals surface area contributed by atoms with Crippen molar-refractivity contribution in [2.24, 2.45) is 5.92 Å². The van der Waals surface area contributed by atoms with E-state index in [0.717, 1.165) is 16.9 Å². The van der Waals surface area contributed by atoms with Crippen molar-refractivity contribution in [3.63, 3.8) is 0 Å². The second kappa shape index (κ2) is 8.61. The average Bonchev–Trinajstić information content (AvgIpc) is 3.04. The minimum Gasteiger partial charge on any atom is -0.399 e. The third kappa shape index (κ3) is 3.91. The van der Waals surface area contributed by atoms with E-state index in [1.807, 2.05) is 13.0 Å². The van der Waals surface area contributed by atoms with Gasteiger partial charge in [-0.1, -0.05) is 88.9 Å². The van der Waals surface area contributed by atoms with Crippen LogP contribution in [0.15, 0.2) is 108 Å². The Balaban J connectivity index is 1.61. The summed E-state index contributed by atoms with van der Waals surface area (Å²) in [5.41, 5.74) is 18.4. The third-order valence-corrected chi connectivity index (χ3v) is 7.81. The van der Waals surface area contributed by atoms with Crippen LogP contribution in [-0.2, 0) is 5.41 Å². The molecule has 3 N–H and O–H groups in total. The summed E-state index contributed by atoms with van der Waals surface area (Å²) in [7, 11) is 0. The SMILES string of the molecule is C=C1/C(=C\C=C/C)C=C2C=C3C(=CC2C1Nc1ccc(C(C)C)cc1)c1ccc(N)cc1C3(C)C. The average molecular weight is 461 g/mol. The van der Waals surface area contributed by atoms with Gasteiger partial charge in [0.05, 0.1) is 6.04 Å². The highest BCUT2D eigenvalue weighted by molar-refractivity contribution is 5.93. The number of benzene rings is 2. The zero-order valence-electron chi connectivity index (χ0n) is 21.5. The second-order valence-electron chi connectivity index (χ2n) is 10.8. The number of nitrogen functional groups attached to an aromatic ring is 1. The van der Waals surface area contributed by atoms with Crippen LogP contribution in [0.4, 0.5) is 11.4 Å². The van der Waals surface area contributed by atoms with Gasteiger partial charge in [0.2, 0.25) is 0 Å². The van der Waals surface area contributed by atoms with Gasteiger partial charge in [-0.05, 0) is 81.7 Å². The highest BCUT2D eigenvalue weighted by atomic mass is 14.9. The number of hydrogen-bond donors (Lipinski definition) is 2. The van der Waals surface area contributed by atoms with Crippen LogP contribution < -0.4 is 11.1 Å². The highest BCUT2D eigenvalue weighted by Gasteiger charge is 2.43. The monoisotopic (exact) mass is 460 g/mol. The number of nitrogens with one attached hydrogen (secondary N) is 1. The van der Waals surface area contributed by atoms with Gasteiger partial charge in [0, 0.05) is 22.7 Å². The highest BCUT2D eigenvalue weighted by Crippen LogP contribution is 2.54. The van der Waals surface area contributed by atoms with Crippen molar-refractivity contribution in [3.8, 4) is 0 Å². The lowest BCUT2D eigenvalue weighted by Crippen LogP contribution is -2.35. The Morgan fingerprint density at radius 3 is 2.49 bits per heavy atom.